The molecule has 0 bridgehead atoms. The highest BCUT2D eigenvalue weighted by Crippen LogP contribution is 2.37. The monoisotopic (exact) mass is 277 g/mol. The van der Waals surface area contributed by atoms with Crippen molar-refractivity contribution < 1.29 is 0 Å². The van der Waals surface area contributed by atoms with Gasteiger partial charge in [-0.05, 0) is 36.6 Å². The molecular weight excluding hydrogens is 254 g/mol. The molecule has 1 aliphatic rings. The second-order valence-corrected chi connectivity index (χ2v) is 5.98. The van der Waals surface area contributed by atoms with Crippen LogP contribution in [0.5, 0.6) is 0 Å². The van der Waals surface area contributed by atoms with Crippen LogP contribution in [0.3, 0.4) is 0 Å². The highest BCUT2D eigenvalue weighted by atomic mass is 15.1. The van der Waals surface area contributed by atoms with E-state index < -0.39 is 0 Å². The largest absolute Gasteiger partial charge is 0.299 e. The van der Waals surface area contributed by atoms with Crippen LogP contribution >= 0.6 is 0 Å². The molecule has 3 rings (SSSR count). The van der Waals surface area contributed by atoms with Gasteiger partial charge in [0.05, 0.1) is 0 Å². The van der Waals surface area contributed by atoms with E-state index in [-0.39, 0.29) is 0 Å². The van der Waals surface area contributed by atoms with E-state index in [0.717, 1.165) is 13.0 Å². The summed E-state index contributed by atoms with van der Waals surface area (Å²) >= 11 is 0. The molecule has 0 amide bonds. The first kappa shape index (κ1) is 14.1. The van der Waals surface area contributed by atoms with Crippen LogP contribution in [0.1, 0.15) is 29.0 Å². The van der Waals surface area contributed by atoms with E-state index in [2.05, 4.69) is 73.1 Å². The molecule has 1 nitrogen and oxygen atoms in total. The van der Waals surface area contributed by atoms with Crippen molar-refractivity contribution in [1.82, 2.24) is 4.90 Å². The first-order chi connectivity index (χ1) is 10.3. The van der Waals surface area contributed by atoms with Crippen molar-refractivity contribution in [1.29, 1.82) is 0 Å². The van der Waals surface area contributed by atoms with Crippen LogP contribution < -0.4 is 0 Å². The first-order valence-electron chi connectivity index (χ1n) is 7.73. The first-order valence-corrected chi connectivity index (χ1v) is 7.73. The quantitative estimate of drug-likeness (QED) is 0.755. The van der Waals surface area contributed by atoms with Gasteiger partial charge in [0, 0.05) is 18.5 Å². The van der Waals surface area contributed by atoms with E-state index in [4.69, 9.17) is 0 Å². The van der Waals surface area contributed by atoms with Crippen molar-refractivity contribution in [3.05, 3.63) is 83.9 Å². The number of nitrogens with zero attached hydrogens (tertiary/aromatic N) is 1. The van der Waals surface area contributed by atoms with E-state index >= 15 is 0 Å². The lowest BCUT2D eigenvalue weighted by Gasteiger charge is -2.36. The summed E-state index contributed by atoms with van der Waals surface area (Å²) in [6.07, 6.45) is 4.33. The Bertz CT molecular complexity index is 602. The van der Waals surface area contributed by atoms with Crippen LogP contribution in [0.25, 0.3) is 0 Å². The average Bonchev–Trinajstić information content (AvgIpc) is 2.55. The summed E-state index contributed by atoms with van der Waals surface area (Å²) in [5, 5.41) is 0. The van der Waals surface area contributed by atoms with Gasteiger partial charge in [0.25, 0.3) is 0 Å². The molecule has 0 saturated heterocycles. The molecule has 1 aliphatic carbocycles. The lowest BCUT2D eigenvalue weighted by atomic mass is 9.76. The summed E-state index contributed by atoms with van der Waals surface area (Å²) in [7, 11) is 2.21. The number of hydrogen-bond donors (Lipinski definition) is 0. The van der Waals surface area contributed by atoms with Crippen LogP contribution in [-0.4, -0.2) is 24.5 Å². The minimum absolute atomic E-state index is 0.508. The molecule has 2 aromatic carbocycles. The third kappa shape index (κ3) is 2.93. The Morgan fingerprint density at radius 3 is 2.57 bits per heavy atom. The van der Waals surface area contributed by atoms with Crippen LogP contribution in [0.2, 0.25) is 0 Å². The van der Waals surface area contributed by atoms with Crippen molar-refractivity contribution in [2.45, 2.75) is 24.8 Å². The molecule has 0 unspecified atom stereocenters. The molecule has 0 radical (unpaired) electrons. The molecule has 108 valence electrons. The maximum absolute atomic E-state index is 3.88. The number of fused-ring (bicyclic) bond motifs is 1. The lowest BCUT2D eigenvalue weighted by molar-refractivity contribution is 0.235. The second-order valence-electron chi connectivity index (χ2n) is 5.98. The fourth-order valence-corrected chi connectivity index (χ4v) is 3.49. The van der Waals surface area contributed by atoms with Crippen LogP contribution in [-0.2, 0) is 6.42 Å². The van der Waals surface area contributed by atoms with Crippen molar-refractivity contribution in [3.63, 3.8) is 0 Å². The van der Waals surface area contributed by atoms with Crippen LogP contribution in [0.4, 0.5) is 0 Å². The number of likely N-dealkylation sites (N-methyl/N-ethyl adjacent to an activating group) is 1. The molecule has 2 atom stereocenters. The van der Waals surface area contributed by atoms with E-state index in [1.54, 1.807) is 0 Å². The summed E-state index contributed by atoms with van der Waals surface area (Å²) in [6.45, 7) is 4.83. The molecule has 21 heavy (non-hydrogen) atoms. The lowest BCUT2D eigenvalue weighted by Crippen LogP contribution is -2.38. The highest BCUT2D eigenvalue weighted by Gasteiger charge is 2.29. The minimum Gasteiger partial charge on any atom is -0.299 e. The van der Waals surface area contributed by atoms with Gasteiger partial charge in [-0.25, -0.2) is 0 Å². The molecule has 0 aliphatic heterocycles. The minimum atomic E-state index is 0.508. The maximum atomic E-state index is 3.88. The molecule has 0 N–H and O–H groups in total. The highest BCUT2D eigenvalue weighted by molar-refractivity contribution is 5.40. The van der Waals surface area contributed by atoms with Crippen molar-refractivity contribution in [2.75, 3.05) is 13.6 Å². The summed E-state index contributed by atoms with van der Waals surface area (Å²) in [5.74, 6) is 0.508. The van der Waals surface area contributed by atoms with Gasteiger partial charge in [-0.2, -0.15) is 0 Å². The van der Waals surface area contributed by atoms with Gasteiger partial charge >= 0.3 is 0 Å². The van der Waals surface area contributed by atoms with E-state index in [0.29, 0.717) is 12.0 Å². The van der Waals surface area contributed by atoms with Gasteiger partial charge in [-0.1, -0.05) is 60.7 Å². The van der Waals surface area contributed by atoms with Crippen molar-refractivity contribution >= 4 is 0 Å². The fourth-order valence-electron chi connectivity index (χ4n) is 3.49. The number of benzene rings is 2. The second kappa shape index (κ2) is 6.28. The molecule has 1 heteroatoms. The maximum Gasteiger partial charge on any atom is 0.0160 e. The van der Waals surface area contributed by atoms with E-state index in [1.807, 2.05) is 6.08 Å². The van der Waals surface area contributed by atoms with Gasteiger partial charge < -0.3 is 0 Å². The zero-order chi connectivity index (χ0) is 14.7. The van der Waals surface area contributed by atoms with Gasteiger partial charge in [0.1, 0.15) is 0 Å². The molecule has 0 fully saturated rings. The van der Waals surface area contributed by atoms with Gasteiger partial charge in [0.15, 0.2) is 0 Å². The molecule has 0 aromatic heterocycles. The summed E-state index contributed by atoms with van der Waals surface area (Å²) in [4.78, 5) is 2.43. The predicted octanol–water partition coefficient (Wildman–Crippen LogP) is 4.25. The summed E-state index contributed by atoms with van der Waals surface area (Å²) in [5.41, 5.74) is 4.44. The summed E-state index contributed by atoms with van der Waals surface area (Å²) in [6, 6.07) is 20.4. The van der Waals surface area contributed by atoms with Crippen LogP contribution in [0, 0.1) is 0 Å². The average molecular weight is 277 g/mol. The molecule has 0 saturated carbocycles. The van der Waals surface area contributed by atoms with Gasteiger partial charge in [0.2, 0.25) is 0 Å². The molecular formula is C20H23N. The van der Waals surface area contributed by atoms with Crippen molar-refractivity contribution in [3.8, 4) is 0 Å². The third-order valence-corrected chi connectivity index (χ3v) is 4.64. The Balaban J connectivity index is 1.96. The van der Waals surface area contributed by atoms with Gasteiger partial charge in [-0.15, -0.1) is 6.58 Å². The Hall–Kier alpha value is -1.86. The number of hydrogen-bond acceptors (Lipinski definition) is 1. The number of rotatable bonds is 4. The Labute approximate surface area is 127 Å². The molecule has 0 spiro atoms. The Morgan fingerprint density at radius 1 is 1.10 bits per heavy atom. The van der Waals surface area contributed by atoms with Crippen LogP contribution in [0.15, 0.2) is 67.3 Å². The standard InChI is InChI=1S/C20H23N/c1-3-13-21(2)18-14-17-11-7-8-12-19(17)20(15-18)16-9-5-4-6-10-16/h3-12,18,20H,1,13-15H2,2H3/t18-,20-/m0/s1. The molecule has 0 heterocycles. The topological polar surface area (TPSA) is 3.24 Å². The molecule has 2 aromatic rings. The van der Waals surface area contributed by atoms with E-state index in [1.165, 1.54) is 23.1 Å². The summed E-state index contributed by atoms with van der Waals surface area (Å²) < 4.78 is 0. The predicted molar refractivity (Wildman–Crippen MR) is 89.7 cm³/mol. The Kier molecular flexibility index (Phi) is 4.21. The zero-order valence-corrected chi connectivity index (χ0v) is 12.7. The van der Waals surface area contributed by atoms with Gasteiger partial charge in [-0.3, -0.25) is 4.90 Å². The smallest absolute Gasteiger partial charge is 0.0160 e. The SMILES string of the molecule is C=CCN(C)[C@H]1Cc2ccccc2[C@H](c2ccccc2)C1. The fraction of sp³-hybridized carbons (Fsp3) is 0.300. The van der Waals surface area contributed by atoms with E-state index in [9.17, 15) is 0 Å². The Morgan fingerprint density at radius 2 is 1.81 bits per heavy atom. The normalized spacial score (nSPS) is 21.0. The third-order valence-electron chi connectivity index (χ3n) is 4.64. The zero-order valence-electron chi connectivity index (χ0n) is 12.7. The van der Waals surface area contributed by atoms with Crippen molar-refractivity contribution in [2.24, 2.45) is 0 Å².